The molecule has 21 heavy (non-hydrogen) atoms. The lowest BCUT2D eigenvalue weighted by atomic mass is 10.1. The maximum Gasteiger partial charge on any atom is 0.222 e. The summed E-state index contributed by atoms with van der Waals surface area (Å²) in [5, 5.41) is 6.46. The Kier molecular flexibility index (Phi) is 6.05. The summed E-state index contributed by atoms with van der Waals surface area (Å²) in [5.74, 6) is 0.105. The van der Waals surface area contributed by atoms with Crippen molar-refractivity contribution in [3.8, 4) is 0 Å². The van der Waals surface area contributed by atoms with Gasteiger partial charge in [0.15, 0.2) is 0 Å². The molecular formula is C15H20BrClN2O2. The third-order valence-corrected chi connectivity index (χ3v) is 4.44. The van der Waals surface area contributed by atoms with Crippen LogP contribution in [0.25, 0.3) is 0 Å². The first kappa shape index (κ1) is 16.7. The van der Waals surface area contributed by atoms with E-state index in [0.29, 0.717) is 13.0 Å². The van der Waals surface area contributed by atoms with Crippen LogP contribution in [0.5, 0.6) is 0 Å². The highest BCUT2D eigenvalue weighted by Gasteiger charge is 2.25. The Hall–Kier alpha value is -0.620. The van der Waals surface area contributed by atoms with Crippen LogP contribution in [-0.2, 0) is 16.0 Å². The normalized spacial score (nSPS) is 24.0. The van der Waals surface area contributed by atoms with E-state index in [9.17, 15) is 4.79 Å². The Morgan fingerprint density at radius 3 is 3.10 bits per heavy atom. The number of nitrogens with one attached hydrogen (secondary N) is 2. The van der Waals surface area contributed by atoms with Crippen molar-refractivity contribution >= 4 is 34.2 Å². The molecule has 1 heterocycles. The van der Waals surface area contributed by atoms with Crippen LogP contribution in [0.3, 0.4) is 0 Å². The van der Waals surface area contributed by atoms with Crippen molar-refractivity contribution in [2.24, 2.45) is 0 Å². The van der Waals surface area contributed by atoms with Crippen molar-refractivity contribution < 1.29 is 9.53 Å². The summed E-state index contributed by atoms with van der Waals surface area (Å²) in [4.78, 5) is 12.1. The highest BCUT2D eigenvalue weighted by Crippen LogP contribution is 2.32. The number of hydrogen-bond donors (Lipinski definition) is 2. The number of benzene rings is 1. The maximum atomic E-state index is 12.1. The van der Waals surface area contributed by atoms with Gasteiger partial charge in [-0.2, -0.15) is 0 Å². The van der Waals surface area contributed by atoms with Crippen molar-refractivity contribution in [3.63, 3.8) is 0 Å². The number of carbonyl (C=O) groups is 1. The van der Waals surface area contributed by atoms with Gasteiger partial charge in [0, 0.05) is 23.5 Å². The maximum absolute atomic E-state index is 12.1. The number of ether oxygens (including phenoxy) is 1. The molecule has 1 fully saturated rings. The molecule has 2 aliphatic rings. The molecule has 0 aromatic heterocycles. The number of rotatable bonds is 3. The van der Waals surface area contributed by atoms with E-state index >= 15 is 0 Å². The summed E-state index contributed by atoms with van der Waals surface area (Å²) in [5.41, 5.74) is 2.60. The molecule has 1 aliphatic heterocycles. The molecule has 2 unspecified atom stereocenters. The second-order valence-electron chi connectivity index (χ2n) is 5.43. The Morgan fingerprint density at radius 2 is 2.33 bits per heavy atom. The molecule has 1 aromatic rings. The van der Waals surface area contributed by atoms with Crippen LogP contribution < -0.4 is 10.6 Å². The summed E-state index contributed by atoms with van der Waals surface area (Å²) in [6.07, 6.45) is 2.51. The molecule has 1 saturated heterocycles. The first-order valence-corrected chi connectivity index (χ1v) is 7.90. The number of morpholine rings is 1. The van der Waals surface area contributed by atoms with E-state index in [1.807, 2.05) is 6.07 Å². The number of carbonyl (C=O) groups excluding carboxylic acids is 1. The number of amides is 1. The average molecular weight is 376 g/mol. The van der Waals surface area contributed by atoms with Gasteiger partial charge in [-0.15, -0.1) is 12.4 Å². The highest BCUT2D eigenvalue weighted by atomic mass is 79.9. The zero-order chi connectivity index (χ0) is 13.9. The summed E-state index contributed by atoms with van der Waals surface area (Å²) >= 11 is 3.49. The highest BCUT2D eigenvalue weighted by molar-refractivity contribution is 9.10. The van der Waals surface area contributed by atoms with Crippen molar-refractivity contribution in [1.29, 1.82) is 0 Å². The molecule has 1 aromatic carbocycles. The summed E-state index contributed by atoms with van der Waals surface area (Å²) in [6.45, 7) is 2.20. The third kappa shape index (κ3) is 4.19. The van der Waals surface area contributed by atoms with Gasteiger partial charge in [0.25, 0.3) is 0 Å². The van der Waals surface area contributed by atoms with E-state index in [1.165, 1.54) is 11.1 Å². The van der Waals surface area contributed by atoms with Crippen LogP contribution in [0, 0.1) is 0 Å². The number of hydrogen-bond acceptors (Lipinski definition) is 3. The molecule has 6 heteroatoms. The molecule has 1 amide bonds. The number of halogens is 2. The molecule has 2 N–H and O–H groups in total. The summed E-state index contributed by atoms with van der Waals surface area (Å²) in [7, 11) is 0. The minimum atomic E-state index is 0. The fourth-order valence-corrected chi connectivity index (χ4v) is 3.37. The Balaban J connectivity index is 0.00000161. The van der Waals surface area contributed by atoms with Crippen molar-refractivity contribution in [2.45, 2.75) is 31.3 Å². The SMILES string of the molecule is Cl.O=C(CC1COCCN1)NC1CCc2cc(Br)ccc21. The van der Waals surface area contributed by atoms with Crippen molar-refractivity contribution in [2.75, 3.05) is 19.8 Å². The zero-order valence-electron chi connectivity index (χ0n) is 11.7. The van der Waals surface area contributed by atoms with Gasteiger partial charge in [0.1, 0.15) is 0 Å². The lowest BCUT2D eigenvalue weighted by Gasteiger charge is -2.24. The van der Waals surface area contributed by atoms with E-state index in [-0.39, 0.29) is 30.4 Å². The van der Waals surface area contributed by atoms with Gasteiger partial charge >= 0.3 is 0 Å². The minimum Gasteiger partial charge on any atom is -0.378 e. The summed E-state index contributed by atoms with van der Waals surface area (Å²) in [6, 6.07) is 6.61. The molecule has 0 bridgehead atoms. The van der Waals surface area contributed by atoms with Crippen molar-refractivity contribution in [1.82, 2.24) is 10.6 Å². The van der Waals surface area contributed by atoms with Crippen LogP contribution in [-0.4, -0.2) is 31.7 Å². The van der Waals surface area contributed by atoms with Crippen LogP contribution in [0.2, 0.25) is 0 Å². The van der Waals surface area contributed by atoms with Crippen LogP contribution in [0.15, 0.2) is 22.7 Å². The first-order chi connectivity index (χ1) is 9.72. The van der Waals surface area contributed by atoms with E-state index in [0.717, 1.165) is 30.5 Å². The lowest BCUT2D eigenvalue weighted by molar-refractivity contribution is -0.123. The lowest BCUT2D eigenvalue weighted by Crippen LogP contribution is -2.44. The second kappa shape index (κ2) is 7.58. The summed E-state index contributed by atoms with van der Waals surface area (Å²) < 4.78 is 6.48. The smallest absolute Gasteiger partial charge is 0.222 e. The predicted molar refractivity (Wildman–Crippen MR) is 87.8 cm³/mol. The quantitative estimate of drug-likeness (QED) is 0.853. The van der Waals surface area contributed by atoms with Gasteiger partial charge in [0.2, 0.25) is 5.91 Å². The predicted octanol–water partition coefficient (Wildman–Crippen LogP) is 2.35. The van der Waals surface area contributed by atoms with E-state index in [2.05, 4.69) is 38.7 Å². The molecule has 0 saturated carbocycles. The van der Waals surface area contributed by atoms with E-state index in [4.69, 9.17) is 4.74 Å². The Morgan fingerprint density at radius 1 is 1.48 bits per heavy atom. The van der Waals surface area contributed by atoms with Gasteiger partial charge in [-0.3, -0.25) is 4.79 Å². The monoisotopic (exact) mass is 374 g/mol. The molecule has 3 rings (SSSR count). The zero-order valence-corrected chi connectivity index (χ0v) is 14.1. The fraction of sp³-hybridized carbons (Fsp3) is 0.533. The fourth-order valence-electron chi connectivity index (χ4n) is 2.96. The molecule has 0 spiro atoms. The van der Waals surface area contributed by atoms with Gasteiger partial charge in [-0.25, -0.2) is 0 Å². The topological polar surface area (TPSA) is 50.4 Å². The van der Waals surface area contributed by atoms with Crippen LogP contribution in [0.4, 0.5) is 0 Å². The Bertz CT molecular complexity index is 506. The van der Waals surface area contributed by atoms with E-state index < -0.39 is 0 Å². The number of aryl methyl sites for hydroxylation is 1. The second-order valence-corrected chi connectivity index (χ2v) is 6.35. The molecule has 2 atom stereocenters. The molecule has 1 aliphatic carbocycles. The molecular weight excluding hydrogens is 356 g/mol. The van der Waals surface area contributed by atoms with Crippen molar-refractivity contribution in [3.05, 3.63) is 33.8 Å². The third-order valence-electron chi connectivity index (χ3n) is 3.95. The molecule has 4 nitrogen and oxygen atoms in total. The first-order valence-electron chi connectivity index (χ1n) is 7.11. The van der Waals surface area contributed by atoms with Gasteiger partial charge in [-0.05, 0) is 36.1 Å². The average Bonchev–Trinajstić information content (AvgIpc) is 2.82. The van der Waals surface area contributed by atoms with Crippen LogP contribution >= 0.6 is 28.3 Å². The minimum absolute atomic E-state index is 0. The Labute approximate surface area is 139 Å². The van der Waals surface area contributed by atoms with Gasteiger partial charge in [0.05, 0.1) is 19.3 Å². The molecule has 116 valence electrons. The van der Waals surface area contributed by atoms with Gasteiger partial charge < -0.3 is 15.4 Å². The van der Waals surface area contributed by atoms with Crippen LogP contribution in [0.1, 0.15) is 30.0 Å². The molecule has 0 radical (unpaired) electrons. The van der Waals surface area contributed by atoms with Gasteiger partial charge in [-0.1, -0.05) is 22.0 Å². The standard InChI is InChI=1S/C15H19BrN2O2.ClH/c16-11-2-3-13-10(7-11)1-4-14(13)18-15(19)8-12-9-20-6-5-17-12;/h2-3,7,12,14,17H,1,4-6,8-9H2,(H,18,19);1H. The van der Waals surface area contributed by atoms with E-state index in [1.54, 1.807) is 0 Å². The number of fused-ring (bicyclic) bond motifs is 1. The largest absolute Gasteiger partial charge is 0.378 e.